The number of benzene rings is 3. The molecule has 9 heteroatoms. The number of halogens is 5. The molecule has 4 rings (SSSR count). The summed E-state index contributed by atoms with van der Waals surface area (Å²) in [5.41, 5.74) is 2.55. The third-order valence-corrected chi connectivity index (χ3v) is 23.1. The molecule has 1 aromatic heterocycles. The van der Waals surface area contributed by atoms with Crippen LogP contribution in [0.4, 0.5) is 22.0 Å². The van der Waals surface area contributed by atoms with Gasteiger partial charge in [-0.2, -0.15) is 0 Å². The average molecular weight is 730 g/mol. The van der Waals surface area contributed by atoms with Gasteiger partial charge < -0.3 is 0 Å². The number of aromatic nitrogens is 3. The van der Waals surface area contributed by atoms with Crippen LogP contribution in [0, 0.1) is 24.0 Å². The van der Waals surface area contributed by atoms with Crippen LogP contribution >= 0.6 is 0 Å². The number of hydrogen-bond acceptors (Lipinski definition) is 2. The second-order valence-electron chi connectivity index (χ2n) is 11.4. The van der Waals surface area contributed by atoms with E-state index in [9.17, 15) is 22.0 Å². The van der Waals surface area contributed by atoms with E-state index in [0.29, 0.717) is 12.1 Å². The fraction of sp³-hybridized carbons (Fsp3) is 0.389. The number of alkyl halides is 3. The van der Waals surface area contributed by atoms with Gasteiger partial charge in [-0.1, -0.05) is 5.92 Å². The molecule has 4 aromatic rings. The Morgan fingerprint density at radius 2 is 1.22 bits per heavy atom. The van der Waals surface area contributed by atoms with Gasteiger partial charge in [-0.05, 0) is 24.3 Å². The zero-order valence-corrected chi connectivity index (χ0v) is 29.2. The molecule has 0 aliphatic heterocycles. The van der Waals surface area contributed by atoms with Gasteiger partial charge >= 0.3 is 217 Å². The van der Waals surface area contributed by atoms with E-state index in [2.05, 4.69) is 31.9 Å². The van der Waals surface area contributed by atoms with E-state index in [1.165, 1.54) is 49.7 Å². The predicted molar refractivity (Wildman–Crippen MR) is 175 cm³/mol. The molecule has 0 fully saturated rings. The Labute approximate surface area is 268 Å². The molecule has 3 nitrogen and oxygen atoms in total. The van der Waals surface area contributed by atoms with E-state index in [1.807, 2.05) is 4.68 Å². The molecule has 0 amide bonds. The van der Waals surface area contributed by atoms with Gasteiger partial charge in [0.15, 0.2) is 0 Å². The standard InChI is InChI=1S/C16H10F4N3.C8H5F.3C4H9.Sn/c17-14-7-3-12(4-8-14)15-9-21-22-23(15)10-11-1-5-13(6-2-11)16(18,19)20;1-2-7-3-5-8(9)6-4-7;3*1-3-4-2;/h1-8H,10H2;1,3-6H;3*1,3-4H2,2H3;. The second-order valence-corrected chi connectivity index (χ2v) is 24.3. The van der Waals surface area contributed by atoms with Crippen molar-refractivity contribution in [3.8, 4) is 23.6 Å². The Bertz CT molecular complexity index is 1470. The van der Waals surface area contributed by atoms with Crippen LogP contribution in [0.5, 0.6) is 0 Å². The SMILES string of the molecule is C#Cc1ccc(F)cc1.CCC[CH2][Sn]([CH2]CCC)([CH2]CCC)[c]1nnn(Cc2ccc(C(F)(F)F)cc2)c1-c1ccc(F)cc1. The first-order valence-corrected chi connectivity index (χ1v) is 23.1. The molecule has 0 aliphatic rings. The van der Waals surface area contributed by atoms with Crippen LogP contribution in [0.15, 0.2) is 72.8 Å². The quantitative estimate of drug-likeness (QED) is 0.0780. The van der Waals surface area contributed by atoms with Gasteiger partial charge in [0, 0.05) is 5.56 Å². The minimum atomic E-state index is -4.37. The molecule has 0 aliphatic carbocycles. The summed E-state index contributed by atoms with van der Waals surface area (Å²) in [6, 6.07) is 17.5. The van der Waals surface area contributed by atoms with Gasteiger partial charge in [0.1, 0.15) is 5.82 Å². The van der Waals surface area contributed by atoms with Crippen LogP contribution in [0.2, 0.25) is 13.3 Å². The Kier molecular flexibility index (Phi) is 14.1. The van der Waals surface area contributed by atoms with E-state index < -0.39 is 30.1 Å². The van der Waals surface area contributed by atoms with Crippen LogP contribution in [-0.4, -0.2) is 33.4 Å². The summed E-state index contributed by atoms with van der Waals surface area (Å²) >= 11 is -3.01. The van der Waals surface area contributed by atoms with Crippen LogP contribution in [0.3, 0.4) is 0 Å². The molecule has 240 valence electrons. The number of rotatable bonds is 13. The van der Waals surface area contributed by atoms with E-state index in [1.54, 1.807) is 24.3 Å². The molecular formula is C36H42F5N3Sn. The van der Waals surface area contributed by atoms with Gasteiger partial charge in [0.05, 0.1) is 0 Å². The first-order valence-electron chi connectivity index (χ1n) is 15.6. The van der Waals surface area contributed by atoms with Crippen molar-refractivity contribution in [1.29, 1.82) is 0 Å². The van der Waals surface area contributed by atoms with Crippen molar-refractivity contribution in [2.75, 3.05) is 0 Å². The van der Waals surface area contributed by atoms with Crippen molar-refractivity contribution in [2.24, 2.45) is 0 Å². The maximum atomic E-state index is 13.8. The summed E-state index contributed by atoms with van der Waals surface area (Å²) in [4.78, 5) is 0. The van der Waals surface area contributed by atoms with Crippen molar-refractivity contribution in [3.63, 3.8) is 0 Å². The number of nitrogens with zero attached hydrogens (tertiary/aromatic N) is 3. The number of unbranched alkanes of at least 4 members (excludes halogenated alkanes) is 3. The van der Waals surface area contributed by atoms with Crippen molar-refractivity contribution < 1.29 is 22.0 Å². The van der Waals surface area contributed by atoms with Crippen LogP contribution in [-0.2, 0) is 12.7 Å². The van der Waals surface area contributed by atoms with E-state index in [4.69, 9.17) is 11.5 Å². The van der Waals surface area contributed by atoms with E-state index in [-0.39, 0.29) is 11.6 Å². The molecule has 0 bridgehead atoms. The third kappa shape index (κ3) is 10.4. The average Bonchev–Trinajstić information content (AvgIpc) is 3.45. The Balaban J connectivity index is 0.000000525. The number of terminal acetylenes is 1. The molecular weight excluding hydrogens is 688 g/mol. The molecule has 0 atom stereocenters. The summed E-state index contributed by atoms with van der Waals surface area (Å²) < 4.78 is 71.7. The van der Waals surface area contributed by atoms with Crippen molar-refractivity contribution in [3.05, 3.63) is 101 Å². The van der Waals surface area contributed by atoms with Crippen LogP contribution < -0.4 is 3.71 Å². The van der Waals surface area contributed by atoms with Gasteiger partial charge in [-0.25, -0.2) is 4.39 Å². The second kappa shape index (κ2) is 17.5. The molecule has 0 radical (unpaired) electrons. The summed E-state index contributed by atoms with van der Waals surface area (Å²) in [5.74, 6) is 1.83. The molecule has 0 spiro atoms. The molecule has 0 saturated carbocycles. The van der Waals surface area contributed by atoms with Gasteiger partial charge in [-0.3, -0.25) is 0 Å². The van der Waals surface area contributed by atoms with Crippen LogP contribution in [0.25, 0.3) is 11.3 Å². The Morgan fingerprint density at radius 1 is 0.733 bits per heavy atom. The fourth-order valence-corrected chi connectivity index (χ4v) is 21.4. The third-order valence-electron chi connectivity index (χ3n) is 8.01. The zero-order chi connectivity index (χ0) is 32.9. The van der Waals surface area contributed by atoms with Crippen molar-refractivity contribution >= 4 is 22.1 Å². The van der Waals surface area contributed by atoms with Gasteiger partial charge in [0.2, 0.25) is 0 Å². The molecule has 1 heterocycles. The molecule has 0 N–H and O–H groups in total. The van der Waals surface area contributed by atoms with Crippen LogP contribution in [0.1, 0.15) is 76.0 Å². The van der Waals surface area contributed by atoms with Gasteiger partial charge in [-0.15, -0.1) is 6.42 Å². The molecule has 45 heavy (non-hydrogen) atoms. The van der Waals surface area contributed by atoms with Gasteiger partial charge in [0.25, 0.3) is 0 Å². The first kappa shape index (κ1) is 36.3. The summed E-state index contributed by atoms with van der Waals surface area (Å²) in [6.45, 7) is 6.98. The summed E-state index contributed by atoms with van der Waals surface area (Å²) in [6.07, 6.45) is 7.53. The minimum absolute atomic E-state index is 0.256. The zero-order valence-electron chi connectivity index (χ0n) is 26.3. The van der Waals surface area contributed by atoms with E-state index in [0.717, 1.165) is 71.2 Å². The predicted octanol–water partition coefficient (Wildman–Crippen LogP) is 10.0. The Morgan fingerprint density at radius 3 is 1.67 bits per heavy atom. The summed E-state index contributed by atoms with van der Waals surface area (Å²) in [5, 5.41) is 9.41. The normalized spacial score (nSPS) is 11.5. The van der Waals surface area contributed by atoms with Crippen molar-refractivity contribution in [1.82, 2.24) is 15.0 Å². The maximum absolute atomic E-state index is 13.8. The van der Waals surface area contributed by atoms with E-state index >= 15 is 0 Å². The molecule has 0 unspecified atom stereocenters. The summed E-state index contributed by atoms with van der Waals surface area (Å²) in [7, 11) is 0. The monoisotopic (exact) mass is 731 g/mol. The topological polar surface area (TPSA) is 30.7 Å². The number of hydrogen-bond donors (Lipinski definition) is 0. The van der Waals surface area contributed by atoms with Crippen molar-refractivity contribution in [2.45, 2.75) is 85.3 Å². The molecule has 0 saturated heterocycles. The Hall–Kier alpha value is -3.19. The first-order chi connectivity index (χ1) is 21.6. The molecule has 3 aromatic carbocycles. The fourth-order valence-electron chi connectivity index (χ4n) is 5.47.